The number of rotatable bonds is 1. The Kier molecular flexibility index (Phi) is 2.41. The van der Waals surface area contributed by atoms with Crippen LogP contribution in [0.15, 0.2) is 24.3 Å². The van der Waals surface area contributed by atoms with Gasteiger partial charge in [0.25, 0.3) is 0 Å². The quantitative estimate of drug-likeness (QED) is 0.646. The van der Waals surface area contributed by atoms with Gasteiger partial charge in [-0.25, -0.2) is 9.59 Å². The third kappa shape index (κ3) is 1.98. The Morgan fingerprint density at radius 1 is 1.33 bits per heavy atom. The van der Waals surface area contributed by atoms with Gasteiger partial charge in [-0.3, -0.25) is 0 Å². The predicted molar refractivity (Wildman–Crippen MR) is 51.0 cm³/mol. The van der Waals surface area contributed by atoms with Crippen LogP contribution in [0, 0.1) is 6.92 Å². The number of hydrogen-bond acceptors (Lipinski definition) is 4. The Balaban J connectivity index is 2.28. The zero-order valence-corrected chi connectivity index (χ0v) is 8.23. The first-order valence-electron chi connectivity index (χ1n) is 4.59. The molecule has 15 heavy (non-hydrogen) atoms. The molecule has 0 radical (unpaired) electrons. The Hall–Kier alpha value is -1.84. The zero-order chi connectivity index (χ0) is 10.8. The van der Waals surface area contributed by atoms with Crippen LogP contribution in [0.4, 0.5) is 0 Å². The number of hydrogen-bond donors (Lipinski definition) is 0. The molecule has 0 N–H and O–H groups in total. The highest BCUT2D eigenvalue weighted by Crippen LogP contribution is 2.23. The van der Waals surface area contributed by atoms with E-state index in [4.69, 9.17) is 4.74 Å². The fourth-order valence-corrected chi connectivity index (χ4v) is 1.46. The van der Waals surface area contributed by atoms with Crippen molar-refractivity contribution in [3.63, 3.8) is 0 Å². The summed E-state index contributed by atoms with van der Waals surface area (Å²) in [7, 11) is 0. The van der Waals surface area contributed by atoms with Crippen LogP contribution in [0.3, 0.4) is 0 Å². The van der Waals surface area contributed by atoms with E-state index in [1.54, 1.807) is 18.2 Å². The minimum atomic E-state index is -0.911. The molecule has 0 saturated carbocycles. The van der Waals surface area contributed by atoms with Crippen molar-refractivity contribution in [2.45, 2.75) is 13.0 Å². The molecule has 4 heteroatoms. The lowest BCUT2D eigenvalue weighted by Crippen LogP contribution is -2.31. The van der Waals surface area contributed by atoms with Crippen LogP contribution in [0.25, 0.3) is 0 Å². The molecule has 1 fully saturated rings. The molecule has 1 atom stereocenters. The highest BCUT2D eigenvalue weighted by molar-refractivity contribution is 5.86. The largest absolute Gasteiger partial charge is 0.451 e. The standard InChI is InChI=1S/C11H10O4/c1-7-3-2-4-8(5-7)10-11(13)14-6-9(12)15-10/h2-5,10H,6H2,1H3. The summed E-state index contributed by atoms with van der Waals surface area (Å²) >= 11 is 0. The fraction of sp³-hybridized carbons (Fsp3) is 0.273. The lowest BCUT2D eigenvalue weighted by Gasteiger charge is -2.21. The number of benzene rings is 1. The van der Waals surface area contributed by atoms with Crippen molar-refractivity contribution in [3.8, 4) is 0 Å². The van der Waals surface area contributed by atoms with Crippen molar-refractivity contribution >= 4 is 11.9 Å². The molecule has 1 aromatic rings. The number of cyclic esters (lactones) is 2. The van der Waals surface area contributed by atoms with Crippen molar-refractivity contribution in [2.24, 2.45) is 0 Å². The Labute approximate surface area is 86.8 Å². The van der Waals surface area contributed by atoms with Gasteiger partial charge in [0, 0.05) is 5.56 Å². The average molecular weight is 206 g/mol. The van der Waals surface area contributed by atoms with Crippen LogP contribution in [0.5, 0.6) is 0 Å². The van der Waals surface area contributed by atoms with Crippen molar-refractivity contribution in [1.82, 2.24) is 0 Å². The van der Waals surface area contributed by atoms with E-state index in [0.717, 1.165) is 5.56 Å². The third-order valence-corrected chi connectivity index (χ3v) is 2.14. The molecule has 1 saturated heterocycles. The van der Waals surface area contributed by atoms with Gasteiger partial charge in [-0.2, -0.15) is 0 Å². The van der Waals surface area contributed by atoms with E-state index in [9.17, 15) is 9.59 Å². The molecule has 2 rings (SSSR count). The summed E-state index contributed by atoms with van der Waals surface area (Å²) in [6.07, 6.45) is -0.911. The number of esters is 2. The van der Waals surface area contributed by atoms with Gasteiger partial charge < -0.3 is 9.47 Å². The lowest BCUT2D eigenvalue weighted by molar-refractivity contribution is -0.185. The molecule has 1 aliphatic rings. The monoisotopic (exact) mass is 206 g/mol. The minimum absolute atomic E-state index is 0.291. The van der Waals surface area contributed by atoms with Crippen LogP contribution < -0.4 is 0 Å². The second-order valence-corrected chi connectivity index (χ2v) is 3.39. The van der Waals surface area contributed by atoms with Gasteiger partial charge in [0.05, 0.1) is 0 Å². The van der Waals surface area contributed by atoms with Crippen LogP contribution in [-0.4, -0.2) is 18.5 Å². The van der Waals surface area contributed by atoms with Crippen LogP contribution in [-0.2, 0) is 19.1 Å². The highest BCUT2D eigenvalue weighted by Gasteiger charge is 2.31. The Bertz CT molecular complexity index is 411. The maximum absolute atomic E-state index is 11.4. The minimum Gasteiger partial charge on any atom is -0.451 e. The molecule has 1 aliphatic heterocycles. The van der Waals surface area contributed by atoms with E-state index >= 15 is 0 Å². The normalized spacial score (nSPS) is 20.7. The van der Waals surface area contributed by atoms with Crippen LogP contribution in [0.2, 0.25) is 0 Å². The highest BCUT2D eigenvalue weighted by atomic mass is 16.6. The molecule has 4 nitrogen and oxygen atoms in total. The molecular formula is C11H10O4. The van der Waals surface area contributed by atoms with Gasteiger partial charge in [-0.05, 0) is 6.92 Å². The molecule has 0 spiro atoms. The van der Waals surface area contributed by atoms with E-state index < -0.39 is 18.0 Å². The molecule has 0 bridgehead atoms. The Morgan fingerprint density at radius 3 is 2.87 bits per heavy atom. The Morgan fingerprint density at radius 2 is 2.13 bits per heavy atom. The summed E-state index contributed by atoms with van der Waals surface area (Å²) in [6, 6.07) is 7.24. The maximum Gasteiger partial charge on any atom is 0.352 e. The second-order valence-electron chi connectivity index (χ2n) is 3.39. The zero-order valence-electron chi connectivity index (χ0n) is 8.23. The maximum atomic E-state index is 11.4. The van der Waals surface area contributed by atoms with E-state index in [1.807, 2.05) is 13.0 Å². The van der Waals surface area contributed by atoms with Gasteiger partial charge in [-0.1, -0.05) is 29.8 Å². The molecule has 1 unspecified atom stereocenters. The lowest BCUT2D eigenvalue weighted by atomic mass is 10.1. The molecular weight excluding hydrogens is 196 g/mol. The summed E-state index contributed by atoms with van der Waals surface area (Å²) in [5, 5.41) is 0. The van der Waals surface area contributed by atoms with E-state index in [-0.39, 0.29) is 6.61 Å². The number of carbonyl (C=O) groups is 2. The number of aryl methyl sites for hydroxylation is 1. The summed E-state index contributed by atoms with van der Waals surface area (Å²) in [4.78, 5) is 22.3. The molecule has 1 aromatic carbocycles. The van der Waals surface area contributed by atoms with Gasteiger partial charge in [0.2, 0.25) is 6.10 Å². The molecule has 1 heterocycles. The molecule has 0 aliphatic carbocycles. The fourth-order valence-electron chi connectivity index (χ4n) is 1.46. The first-order valence-corrected chi connectivity index (χ1v) is 4.59. The first kappa shape index (κ1) is 9.71. The summed E-state index contributed by atoms with van der Waals surface area (Å²) in [6.45, 7) is 1.61. The summed E-state index contributed by atoms with van der Waals surface area (Å²) < 4.78 is 9.61. The van der Waals surface area contributed by atoms with Crippen molar-refractivity contribution < 1.29 is 19.1 Å². The van der Waals surface area contributed by atoms with Gasteiger partial charge in [0.1, 0.15) is 0 Å². The molecule has 78 valence electrons. The van der Waals surface area contributed by atoms with Gasteiger partial charge in [-0.15, -0.1) is 0 Å². The first-order chi connectivity index (χ1) is 7.16. The summed E-state index contributed by atoms with van der Waals surface area (Å²) in [5.41, 5.74) is 1.65. The second kappa shape index (κ2) is 3.73. The molecule has 0 aromatic heterocycles. The smallest absolute Gasteiger partial charge is 0.352 e. The van der Waals surface area contributed by atoms with Gasteiger partial charge >= 0.3 is 11.9 Å². The SMILES string of the molecule is Cc1cccc(C2OC(=O)COC2=O)c1. The van der Waals surface area contributed by atoms with E-state index in [0.29, 0.717) is 5.56 Å². The predicted octanol–water partition coefficient (Wildman–Crippen LogP) is 1.14. The van der Waals surface area contributed by atoms with Crippen molar-refractivity contribution in [1.29, 1.82) is 0 Å². The summed E-state index contributed by atoms with van der Waals surface area (Å²) in [5.74, 6) is -1.03. The van der Waals surface area contributed by atoms with Crippen molar-refractivity contribution in [3.05, 3.63) is 35.4 Å². The number of carbonyl (C=O) groups excluding carboxylic acids is 2. The van der Waals surface area contributed by atoms with Crippen molar-refractivity contribution in [2.75, 3.05) is 6.61 Å². The molecule has 0 amide bonds. The number of ether oxygens (including phenoxy) is 2. The van der Waals surface area contributed by atoms with Gasteiger partial charge in [0.15, 0.2) is 6.61 Å². The average Bonchev–Trinajstić information content (AvgIpc) is 2.22. The third-order valence-electron chi connectivity index (χ3n) is 2.14. The van der Waals surface area contributed by atoms with Crippen LogP contribution in [0.1, 0.15) is 17.2 Å². The van der Waals surface area contributed by atoms with Crippen LogP contribution >= 0.6 is 0 Å². The topological polar surface area (TPSA) is 52.6 Å². The van der Waals surface area contributed by atoms with E-state index in [2.05, 4.69) is 4.74 Å². The van der Waals surface area contributed by atoms with E-state index in [1.165, 1.54) is 0 Å².